The number of hydrogen-bond donors (Lipinski definition) is 2. The van der Waals surface area contributed by atoms with Gasteiger partial charge in [0.1, 0.15) is 0 Å². The molecule has 0 spiro atoms. The second-order valence-corrected chi connectivity index (χ2v) is 4.13. The van der Waals surface area contributed by atoms with Gasteiger partial charge in [0, 0.05) is 0 Å². The minimum Gasteiger partial charge on any atom is -0.390 e. The summed E-state index contributed by atoms with van der Waals surface area (Å²) in [7, 11) is 0. The van der Waals surface area contributed by atoms with Gasteiger partial charge in [0.05, 0.1) is 12.2 Å². The Morgan fingerprint density at radius 3 is 1.71 bits per heavy atom. The largest absolute Gasteiger partial charge is 0.390 e. The van der Waals surface area contributed by atoms with E-state index in [0.29, 0.717) is 0 Å². The summed E-state index contributed by atoms with van der Waals surface area (Å²) in [5.41, 5.74) is 0. The zero-order valence-electron chi connectivity index (χ0n) is 9.71. The van der Waals surface area contributed by atoms with Crippen LogP contribution in [0.4, 0.5) is 0 Å². The van der Waals surface area contributed by atoms with E-state index in [-0.39, 0.29) is 0 Å². The zero-order chi connectivity index (χ0) is 10.8. The number of unbranched alkanes of at least 4 members (excludes halogenated alkanes) is 4. The molecule has 0 aromatic carbocycles. The molecule has 0 unspecified atom stereocenters. The second kappa shape index (κ2) is 9.47. The summed E-state index contributed by atoms with van der Waals surface area (Å²) >= 11 is 0. The van der Waals surface area contributed by atoms with Crippen molar-refractivity contribution in [2.45, 2.75) is 77.4 Å². The summed E-state index contributed by atoms with van der Waals surface area (Å²) in [6, 6.07) is 0. The smallest absolute Gasteiger partial charge is 0.0799 e. The lowest BCUT2D eigenvalue weighted by molar-refractivity contribution is 0.00739. The van der Waals surface area contributed by atoms with Crippen LogP contribution in [0.3, 0.4) is 0 Å². The van der Waals surface area contributed by atoms with Gasteiger partial charge < -0.3 is 10.2 Å². The van der Waals surface area contributed by atoms with Crippen LogP contribution in [0.5, 0.6) is 0 Å². The molecule has 2 atom stereocenters. The van der Waals surface area contributed by atoms with Crippen LogP contribution in [0.1, 0.15) is 65.2 Å². The molecule has 2 N–H and O–H groups in total. The maximum absolute atomic E-state index is 9.59. The van der Waals surface area contributed by atoms with Crippen LogP contribution in [-0.4, -0.2) is 22.4 Å². The van der Waals surface area contributed by atoms with Crippen molar-refractivity contribution < 1.29 is 10.2 Å². The van der Waals surface area contributed by atoms with E-state index in [1.165, 1.54) is 19.3 Å². The lowest BCUT2D eigenvalue weighted by Crippen LogP contribution is -2.25. The molecule has 0 saturated carbocycles. The van der Waals surface area contributed by atoms with Crippen LogP contribution in [0, 0.1) is 0 Å². The highest BCUT2D eigenvalue weighted by atomic mass is 16.3. The zero-order valence-corrected chi connectivity index (χ0v) is 9.71. The predicted octanol–water partition coefficient (Wildman–Crippen LogP) is 2.87. The first kappa shape index (κ1) is 13.9. The van der Waals surface area contributed by atoms with Gasteiger partial charge in [-0.3, -0.25) is 0 Å². The summed E-state index contributed by atoms with van der Waals surface area (Å²) in [5.74, 6) is 0. The van der Waals surface area contributed by atoms with E-state index >= 15 is 0 Å². The fourth-order valence-electron chi connectivity index (χ4n) is 1.58. The number of hydrogen-bond acceptors (Lipinski definition) is 2. The number of rotatable bonds is 9. The van der Waals surface area contributed by atoms with Crippen molar-refractivity contribution in [3.63, 3.8) is 0 Å². The third-order valence-corrected chi connectivity index (χ3v) is 2.65. The van der Waals surface area contributed by atoms with Gasteiger partial charge in [-0.05, 0) is 12.8 Å². The highest BCUT2D eigenvalue weighted by Crippen LogP contribution is 2.12. The Balaban J connectivity index is 3.36. The minimum absolute atomic E-state index is 0.501. The molecule has 0 amide bonds. The molecule has 86 valence electrons. The fourth-order valence-corrected chi connectivity index (χ4v) is 1.58. The molecule has 0 fully saturated rings. The quantitative estimate of drug-likeness (QED) is 0.564. The van der Waals surface area contributed by atoms with Gasteiger partial charge in [-0.1, -0.05) is 52.4 Å². The Morgan fingerprint density at radius 1 is 0.714 bits per heavy atom. The maximum Gasteiger partial charge on any atom is 0.0799 e. The molecule has 0 aliphatic heterocycles. The fraction of sp³-hybridized carbons (Fsp3) is 1.00. The van der Waals surface area contributed by atoms with Crippen molar-refractivity contribution in [3.05, 3.63) is 0 Å². The Bertz CT molecular complexity index is 115. The lowest BCUT2D eigenvalue weighted by Gasteiger charge is -2.17. The Morgan fingerprint density at radius 2 is 1.21 bits per heavy atom. The summed E-state index contributed by atoms with van der Waals surface area (Å²) < 4.78 is 0. The monoisotopic (exact) mass is 202 g/mol. The highest BCUT2D eigenvalue weighted by Gasteiger charge is 2.14. The molecule has 0 aromatic heterocycles. The average Bonchev–Trinajstić information content (AvgIpc) is 2.20. The van der Waals surface area contributed by atoms with Crippen molar-refractivity contribution in [1.82, 2.24) is 0 Å². The normalized spacial score (nSPS) is 15.4. The molecule has 0 aliphatic rings. The van der Waals surface area contributed by atoms with Crippen LogP contribution in [0.2, 0.25) is 0 Å². The lowest BCUT2D eigenvalue weighted by atomic mass is 10.0. The van der Waals surface area contributed by atoms with E-state index in [1.54, 1.807) is 0 Å². The SMILES string of the molecule is CCCCCC[C@H](O)[C@@H](O)CCCC. The van der Waals surface area contributed by atoms with Crippen LogP contribution in [0.25, 0.3) is 0 Å². The third kappa shape index (κ3) is 7.34. The van der Waals surface area contributed by atoms with Crippen molar-refractivity contribution in [2.75, 3.05) is 0 Å². The predicted molar refractivity (Wildman–Crippen MR) is 60.3 cm³/mol. The van der Waals surface area contributed by atoms with E-state index in [0.717, 1.165) is 32.1 Å². The topological polar surface area (TPSA) is 40.5 Å². The first-order valence-electron chi connectivity index (χ1n) is 6.08. The highest BCUT2D eigenvalue weighted by molar-refractivity contribution is 4.66. The van der Waals surface area contributed by atoms with E-state index in [9.17, 15) is 10.2 Å². The van der Waals surface area contributed by atoms with Crippen LogP contribution < -0.4 is 0 Å². The molecule has 14 heavy (non-hydrogen) atoms. The van der Waals surface area contributed by atoms with E-state index in [4.69, 9.17) is 0 Å². The molecule has 2 nitrogen and oxygen atoms in total. The Kier molecular flexibility index (Phi) is 9.42. The van der Waals surface area contributed by atoms with Crippen LogP contribution >= 0.6 is 0 Å². The number of aliphatic hydroxyl groups excluding tert-OH is 2. The Labute approximate surface area is 88.3 Å². The summed E-state index contributed by atoms with van der Waals surface area (Å²) in [6.07, 6.45) is 7.25. The van der Waals surface area contributed by atoms with Gasteiger partial charge in [0.15, 0.2) is 0 Å². The molecular formula is C12H26O2. The van der Waals surface area contributed by atoms with Crippen molar-refractivity contribution >= 4 is 0 Å². The van der Waals surface area contributed by atoms with Crippen molar-refractivity contribution in [1.29, 1.82) is 0 Å². The van der Waals surface area contributed by atoms with Gasteiger partial charge >= 0.3 is 0 Å². The Hall–Kier alpha value is -0.0800. The first-order valence-corrected chi connectivity index (χ1v) is 6.08. The van der Waals surface area contributed by atoms with Gasteiger partial charge in [-0.15, -0.1) is 0 Å². The standard InChI is InChI=1S/C12H26O2/c1-3-5-7-8-10-12(14)11(13)9-6-4-2/h11-14H,3-10H2,1-2H3/t11-,12-/m0/s1. The first-order chi connectivity index (χ1) is 6.72. The van der Waals surface area contributed by atoms with E-state index < -0.39 is 12.2 Å². The second-order valence-electron chi connectivity index (χ2n) is 4.13. The molecule has 2 heteroatoms. The molecule has 0 radical (unpaired) electrons. The van der Waals surface area contributed by atoms with Gasteiger partial charge in [-0.25, -0.2) is 0 Å². The van der Waals surface area contributed by atoms with Crippen LogP contribution in [-0.2, 0) is 0 Å². The molecule has 0 aliphatic carbocycles. The molecule has 0 rings (SSSR count). The van der Waals surface area contributed by atoms with E-state index in [2.05, 4.69) is 13.8 Å². The maximum atomic E-state index is 9.59. The minimum atomic E-state index is -0.503. The summed E-state index contributed by atoms with van der Waals surface area (Å²) in [6.45, 7) is 4.27. The molecule has 0 saturated heterocycles. The average molecular weight is 202 g/mol. The van der Waals surface area contributed by atoms with Gasteiger partial charge in [0.2, 0.25) is 0 Å². The van der Waals surface area contributed by atoms with Crippen molar-refractivity contribution in [2.24, 2.45) is 0 Å². The van der Waals surface area contributed by atoms with Crippen molar-refractivity contribution in [3.8, 4) is 0 Å². The van der Waals surface area contributed by atoms with Gasteiger partial charge in [-0.2, -0.15) is 0 Å². The molecule has 0 heterocycles. The third-order valence-electron chi connectivity index (χ3n) is 2.65. The van der Waals surface area contributed by atoms with Gasteiger partial charge in [0.25, 0.3) is 0 Å². The molecular weight excluding hydrogens is 176 g/mol. The van der Waals surface area contributed by atoms with E-state index in [1.807, 2.05) is 0 Å². The molecule has 0 aromatic rings. The number of aliphatic hydroxyl groups is 2. The molecule has 0 bridgehead atoms. The summed E-state index contributed by atoms with van der Waals surface area (Å²) in [4.78, 5) is 0. The van der Waals surface area contributed by atoms with Crippen LogP contribution in [0.15, 0.2) is 0 Å². The summed E-state index contributed by atoms with van der Waals surface area (Å²) in [5, 5.41) is 19.1.